The Balaban J connectivity index is 3.26. The third-order valence-corrected chi connectivity index (χ3v) is 7.36. The summed E-state index contributed by atoms with van der Waals surface area (Å²) in [6.45, 7) is 1.89. The summed E-state index contributed by atoms with van der Waals surface area (Å²) < 4.78 is 63.8. The van der Waals surface area contributed by atoms with Crippen LogP contribution in [0.4, 0.5) is 13.2 Å². The summed E-state index contributed by atoms with van der Waals surface area (Å²) >= 11 is 3.97. The van der Waals surface area contributed by atoms with Crippen LogP contribution >= 0.6 is 27.3 Å². The van der Waals surface area contributed by atoms with Crippen molar-refractivity contribution < 1.29 is 21.6 Å². The molecule has 1 aromatic rings. The lowest BCUT2D eigenvalue weighted by molar-refractivity contribution is -0.139. The molecule has 1 rings (SSSR count). The van der Waals surface area contributed by atoms with E-state index >= 15 is 0 Å². The maximum Gasteiger partial charge on any atom is 0.402 e. The predicted molar refractivity (Wildman–Crippen MR) is 76.3 cm³/mol. The SMILES string of the molecule is CCC(CC)N(CC(F)(F)F)S(=O)(=O)c1sccc1Br. The van der Waals surface area contributed by atoms with E-state index < -0.39 is 28.8 Å². The Bertz CT molecular complexity index is 538. The Hall–Kier alpha value is -0.120. The van der Waals surface area contributed by atoms with Crippen LogP contribution in [-0.4, -0.2) is 31.5 Å². The molecule has 1 aromatic heterocycles. The first kappa shape index (κ1) is 17.9. The zero-order valence-corrected chi connectivity index (χ0v) is 14.2. The maximum atomic E-state index is 12.7. The smallest absolute Gasteiger partial charge is 0.206 e. The minimum atomic E-state index is -4.57. The van der Waals surface area contributed by atoms with E-state index in [0.29, 0.717) is 21.6 Å². The van der Waals surface area contributed by atoms with Crippen molar-refractivity contribution in [3.8, 4) is 0 Å². The van der Waals surface area contributed by atoms with E-state index in [4.69, 9.17) is 0 Å². The summed E-state index contributed by atoms with van der Waals surface area (Å²) in [5.74, 6) is 0. The Morgan fingerprint density at radius 3 is 2.25 bits per heavy atom. The summed E-state index contributed by atoms with van der Waals surface area (Å²) in [4.78, 5) is 0. The Morgan fingerprint density at radius 2 is 1.90 bits per heavy atom. The highest BCUT2D eigenvalue weighted by Crippen LogP contribution is 2.33. The van der Waals surface area contributed by atoms with Crippen LogP contribution in [0.2, 0.25) is 0 Å². The van der Waals surface area contributed by atoms with Gasteiger partial charge in [-0.3, -0.25) is 0 Å². The normalized spacial score (nSPS) is 13.4. The van der Waals surface area contributed by atoms with E-state index in [1.165, 1.54) is 11.4 Å². The lowest BCUT2D eigenvalue weighted by Gasteiger charge is -2.29. The highest BCUT2D eigenvalue weighted by atomic mass is 79.9. The van der Waals surface area contributed by atoms with E-state index in [-0.39, 0.29) is 4.21 Å². The van der Waals surface area contributed by atoms with Crippen molar-refractivity contribution in [2.24, 2.45) is 0 Å². The summed E-state index contributed by atoms with van der Waals surface area (Å²) in [6.07, 6.45) is -3.91. The molecule has 0 aromatic carbocycles. The molecule has 3 nitrogen and oxygen atoms in total. The van der Waals surface area contributed by atoms with Crippen LogP contribution in [-0.2, 0) is 10.0 Å². The van der Waals surface area contributed by atoms with Gasteiger partial charge in [0.25, 0.3) is 10.0 Å². The van der Waals surface area contributed by atoms with Gasteiger partial charge in [0.15, 0.2) is 0 Å². The van der Waals surface area contributed by atoms with Gasteiger partial charge in [0.1, 0.15) is 10.8 Å². The zero-order valence-electron chi connectivity index (χ0n) is 10.9. The van der Waals surface area contributed by atoms with E-state index in [2.05, 4.69) is 15.9 Å². The van der Waals surface area contributed by atoms with E-state index in [9.17, 15) is 21.6 Å². The van der Waals surface area contributed by atoms with E-state index in [1.54, 1.807) is 13.8 Å². The van der Waals surface area contributed by atoms with Crippen molar-refractivity contribution in [3.05, 3.63) is 15.9 Å². The lowest BCUT2D eigenvalue weighted by Crippen LogP contribution is -2.45. The molecule has 0 saturated heterocycles. The van der Waals surface area contributed by atoms with Crippen LogP contribution in [0.15, 0.2) is 20.1 Å². The van der Waals surface area contributed by atoms with Crippen molar-refractivity contribution >= 4 is 37.3 Å². The molecule has 0 saturated carbocycles. The molecular formula is C11H15BrF3NO2S2. The number of hydrogen-bond donors (Lipinski definition) is 0. The van der Waals surface area contributed by atoms with Gasteiger partial charge in [-0.1, -0.05) is 13.8 Å². The van der Waals surface area contributed by atoms with Gasteiger partial charge in [-0.2, -0.15) is 17.5 Å². The van der Waals surface area contributed by atoms with Crippen LogP contribution in [0.5, 0.6) is 0 Å². The molecule has 20 heavy (non-hydrogen) atoms. The molecule has 0 N–H and O–H groups in total. The summed E-state index contributed by atoms with van der Waals surface area (Å²) in [5.41, 5.74) is 0. The van der Waals surface area contributed by atoms with Gasteiger partial charge in [-0.15, -0.1) is 11.3 Å². The summed E-state index contributed by atoms with van der Waals surface area (Å²) in [7, 11) is -4.16. The first-order valence-electron chi connectivity index (χ1n) is 5.95. The first-order valence-corrected chi connectivity index (χ1v) is 9.06. The third kappa shape index (κ3) is 4.19. The maximum absolute atomic E-state index is 12.7. The average molecular weight is 394 g/mol. The molecule has 0 aliphatic rings. The Labute approximate surface area is 129 Å². The molecule has 0 aliphatic carbocycles. The zero-order chi connectivity index (χ0) is 15.6. The monoisotopic (exact) mass is 393 g/mol. The lowest BCUT2D eigenvalue weighted by atomic mass is 10.2. The van der Waals surface area contributed by atoms with Crippen molar-refractivity contribution in [3.63, 3.8) is 0 Å². The van der Waals surface area contributed by atoms with Crippen molar-refractivity contribution in [2.75, 3.05) is 6.54 Å². The van der Waals surface area contributed by atoms with Crippen molar-refractivity contribution in [1.29, 1.82) is 0 Å². The topological polar surface area (TPSA) is 37.4 Å². The molecule has 0 fully saturated rings. The van der Waals surface area contributed by atoms with Crippen LogP contribution < -0.4 is 0 Å². The Kier molecular flexibility index (Phi) is 6.06. The fourth-order valence-corrected chi connectivity index (χ4v) is 6.04. The van der Waals surface area contributed by atoms with Crippen LogP contribution in [0, 0.1) is 0 Å². The predicted octanol–water partition coefficient (Wildman–Crippen LogP) is 4.25. The van der Waals surface area contributed by atoms with Gasteiger partial charge in [-0.05, 0) is 40.2 Å². The molecule has 116 valence electrons. The fraction of sp³-hybridized carbons (Fsp3) is 0.636. The highest BCUT2D eigenvalue weighted by molar-refractivity contribution is 9.10. The molecule has 1 heterocycles. The number of halogens is 4. The van der Waals surface area contributed by atoms with Crippen molar-refractivity contribution in [1.82, 2.24) is 4.31 Å². The summed E-state index contributed by atoms with van der Waals surface area (Å²) in [5, 5.41) is 1.52. The van der Waals surface area contributed by atoms with Gasteiger partial charge in [0.2, 0.25) is 0 Å². The largest absolute Gasteiger partial charge is 0.402 e. The second-order valence-corrected chi connectivity index (χ2v) is 8.05. The van der Waals surface area contributed by atoms with Gasteiger partial charge in [0.05, 0.1) is 0 Å². The van der Waals surface area contributed by atoms with Crippen LogP contribution in [0.3, 0.4) is 0 Å². The van der Waals surface area contributed by atoms with Crippen molar-refractivity contribution in [2.45, 2.75) is 43.1 Å². The number of alkyl halides is 3. The number of nitrogens with zero attached hydrogens (tertiary/aromatic N) is 1. The minimum absolute atomic E-state index is 0.0892. The first-order chi connectivity index (χ1) is 9.13. The molecular weight excluding hydrogens is 379 g/mol. The van der Waals surface area contributed by atoms with Gasteiger partial charge < -0.3 is 0 Å². The number of rotatable bonds is 6. The molecule has 0 aliphatic heterocycles. The average Bonchev–Trinajstić information content (AvgIpc) is 2.75. The molecule has 0 radical (unpaired) electrons. The van der Waals surface area contributed by atoms with E-state index in [1.807, 2.05) is 0 Å². The van der Waals surface area contributed by atoms with Gasteiger partial charge >= 0.3 is 6.18 Å². The molecule has 0 amide bonds. The molecule has 0 bridgehead atoms. The fourth-order valence-electron chi connectivity index (χ4n) is 1.85. The highest BCUT2D eigenvalue weighted by Gasteiger charge is 2.40. The van der Waals surface area contributed by atoms with E-state index in [0.717, 1.165) is 11.3 Å². The third-order valence-electron chi connectivity index (χ3n) is 2.81. The minimum Gasteiger partial charge on any atom is -0.206 e. The number of thiophene rings is 1. The van der Waals surface area contributed by atoms with Crippen LogP contribution in [0.25, 0.3) is 0 Å². The molecule has 0 atom stereocenters. The number of hydrogen-bond acceptors (Lipinski definition) is 3. The molecule has 9 heteroatoms. The summed E-state index contributed by atoms with van der Waals surface area (Å²) in [6, 6.07) is 0.839. The standard InChI is InChI=1S/C11H15BrF3NO2S2/c1-3-8(4-2)16(7-11(13,14)15)20(17,18)10-9(12)5-6-19-10/h5-6,8H,3-4,7H2,1-2H3. The Morgan fingerprint density at radius 1 is 1.35 bits per heavy atom. The second kappa shape index (κ2) is 6.76. The molecule has 0 unspecified atom stereocenters. The molecule has 0 spiro atoms. The van der Waals surface area contributed by atoms with Crippen LogP contribution in [0.1, 0.15) is 26.7 Å². The van der Waals surface area contributed by atoms with Gasteiger partial charge in [0, 0.05) is 10.5 Å². The quantitative estimate of drug-likeness (QED) is 0.724. The van der Waals surface area contributed by atoms with Gasteiger partial charge in [-0.25, -0.2) is 8.42 Å². The number of sulfonamides is 1. The second-order valence-electron chi connectivity index (χ2n) is 4.19.